The van der Waals surface area contributed by atoms with Crippen LogP contribution in [0.5, 0.6) is 0 Å². The highest BCUT2D eigenvalue weighted by atomic mass is 32.1. The van der Waals surface area contributed by atoms with Crippen LogP contribution in [0.2, 0.25) is 0 Å². The number of aromatic amines is 1. The van der Waals surface area contributed by atoms with Gasteiger partial charge in [0.15, 0.2) is 5.11 Å². The lowest BCUT2D eigenvalue weighted by Crippen LogP contribution is -2.28. The molecule has 0 fully saturated rings. The van der Waals surface area contributed by atoms with E-state index in [1.807, 2.05) is 6.92 Å². The van der Waals surface area contributed by atoms with Crippen LogP contribution < -0.4 is 10.7 Å². The second kappa shape index (κ2) is 4.56. The fourth-order valence-corrected chi connectivity index (χ4v) is 0.751. The fourth-order valence-electron chi connectivity index (χ4n) is 0.698. The van der Waals surface area contributed by atoms with E-state index in [4.69, 9.17) is 12.2 Å². The van der Waals surface area contributed by atoms with Gasteiger partial charge >= 0.3 is 0 Å². The highest BCUT2D eigenvalue weighted by molar-refractivity contribution is 7.80. The van der Waals surface area contributed by atoms with E-state index in [0.29, 0.717) is 5.11 Å². The lowest BCUT2D eigenvalue weighted by atomic mass is 10.3. The summed E-state index contributed by atoms with van der Waals surface area (Å²) in [7, 11) is 1.73. The lowest BCUT2D eigenvalue weighted by molar-refractivity contribution is 0.978. The van der Waals surface area contributed by atoms with Gasteiger partial charge in [-0.2, -0.15) is 10.2 Å². The zero-order valence-corrected chi connectivity index (χ0v) is 8.27. The Bertz CT molecular complexity index is 316. The smallest absolute Gasteiger partial charge is 0.186 e. The van der Waals surface area contributed by atoms with E-state index in [-0.39, 0.29) is 0 Å². The molecule has 1 heterocycles. The van der Waals surface area contributed by atoms with Crippen LogP contribution >= 0.6 is 12.2 Å². The van der Waals surface area contributed by atoms with Crippen LogP contribution in [-0.4, -0.2) is 28.6 Å². The predicted molar refractivity (Wildman–Crippen MR) is 55.7 cm³/mol. The summed E-state index contributed by atoms with van der Waals surface area (Å²) in [5.74, 6) is 0. The number of thiocarbonyl (C=S) groups is 1. The second-order valence-corrected chi connectivity index (χ2v) is 2.82. The van der Waals surface area contributed by atoms with Gasteiger partial charge in [0, 0.05) is 7.05 Å². The summed E-state index contributed by atoms with van der Waals surface area (Å²) in [5, 5.41) is 13.8. The Hall–Kier alpha value is -1.43. The molecule has 0 unspecified atom stereocenters. The molecule has 1 aromatic heterocycles. The zero-order valence-electron chi connectivity index (χ0n) is 7.46. The number of nitrogens with one attached hydrogen (secondary N) is 3. The number of rotatable bonds is 2. The Balaban J connectivity index is 2.50. The molecule has 70 valence electrons. The largest absolute Gasteiger partial charge is 0.364 e. The van der Waals surface area contributed by atoms with Crippen LogP contribution in [0, 0.1) is 6.92 Å². The van der Waals surface area contributed by atoms with Crippen molar-refractivity contribution in [3.8, 4) is 0 Å². The molecule has 0 bridgehead atoms. The Morgan fingerprint density at radius 3 is 3.08 bits per heavy atom. The first-order valence-corrected chi connectivity index (χ1v) is 4.15. The van der Waals surface area contributed by atoms with Crippen molar-refractivity contribution in [2.75, 3.05) is 7.05 Å². The molecule has 0 atom stereocenters. The van der Waals surface area contributed by atoms with Crippen molar-refractivity contribution in [1.29, 1.82) is 0 Å². The molecule has 0 aliphatic rings. The van der Waals surface area contributed by atoms with Gasteiger partial charge in [0.05, 0.1) is 18.1 Å². The van der Waals surface area contributed by atoms with Crippen molar-refractivity contribution in [2.45, 2.75) is 6.92 Å². The van der Waals surface area contributed by atoms with Gasteiger partial charge in [0.2, 0.25) is 0 Å². The molecule has 0 aromatic carbocycles. The van der Waals surface area contributed by atoms with E-state index in [1.54, 1.807) is 19.5 Å². The van der Waals surface area contributed by atoms with Gasteiger partial charge in [-0.25, -0.2) is 0 Å². The molecular formula is C7H11N5S. The summed E-state index contributed by atoms with van der Waals surface area (Å²) < 4.78 is 0. The van der Waals surface area contributed by atoms with E-state index in [2.05, 4.69) is 26.0 Å². The summed E-state index contributed by atoms with van der Waals surface area (Å²) in [6.45, 7) is 1.95. The maximum absolute atomic E-state index is 4.82. The number of hydrogen-bond acceptors (Lipinski definition) is 3. The molecular weight excluding hydrogens is 186 g/mol. The first kappa shape index (κ1) is 9.66. The average molecular weight is 197 g/mol. The van der Waals surface area contributed by atoms with E-state index < -0.39 is 0 Å². The zero-order chi connectivity index (χ0) is 9.68. The molecule has 0 radical (unpaired) electrons. The molecule has 13 heavy (non-hydrogen) atoms. The SMILES string of the molecule is CNC(=S)N/N=C/c1[nH]ncc1C. The number of H-pyrrole nitrogens is 1. The highest BCUT2D eigenvalue weighted by Crippen LogP contribution is 1.96. The molecule has 0 saturated heterocycles. The van der Waals surface area contributed by atoms with Crippen LogP contribution in [0.1, 0.15) is 11.3 Å². The minimum Gasteiger partial charge on any atom is -0.364 e. The third-order valence-corrected chi connectivity index (χ3v) is 1.75. The maximum atomic E-state index is 4.82. The van der Waals surface area contributed by atoms with Gasteiger partial charge in [-0.1, -0.05) is 0 Å². The van der Waals surface area contributed by atoms with Crippen LogP contribution in [0.3, 0.4) is 0 Å². The fraction of sp³-hybridized carbons (Fsp3) is 0.286. The molecule has 0 saturated carbocycles. The van der Waals surface area contributed by atoms with Crippen LogP contribution in [0.25, 0.3) is 0 Å². The summed E-state index contributed by atoms with van der Waals surface area (Å²) >= 11 is 4.82. The van der Waals surface area contributed by atoms with Crippen molar-refractivity contribution < 1.29 is 0 Å². The van der Waals surface area contributed by atoms with Crippen LogP contribution in [0.4, 0.5) is 0 Å². The van der Waals surface area contributed by atoms with Crippen molar-refractivity contribution in [1.82, 2.24) is 20.9 Å². The quantitative estimate of drug-likeness (QED) is 0.358. The molecule has 0 amide bonds. The second-order valence-electron chi connectivity index (χ2n) is 2.42. The molecule has 3 N–H and O–H groups in total. The molecule has 0 aliphatic carbocycles. The summed E-state index contributed by atoms with van der Waals surface area (Å²) in [6, 6.07) is 0. The van der Waals surface area contributed by atoms with Crippen molar-refractivity contribution >= 4 is 23.5 Å². The van der Waals surface area contributed by atoms with E-state index in [9.17, 15) is 0 Å². The maximum Gasteiger partial charge on any atom is 0.186 e. The number of nitrogens with zero attached hydrogens (tertiary/aromatic N) is 2. The highest BCUT2D eigenvalue weighted by Gasteiger charge is 1.94. The molecule has 1 rings (SSSR count). The Labute approximate surface area is 81.6 Å². The van der Waals surface area contributed by atoms with Gasteiger partial charge in [-0.15, -0.1) is 0 Å². The number of hydrogen-bond donors (Lipinski definition) is 3. The number of hydrazone groups is 1. The lowest BCUT2D eigenvalue weighted by Gasteiger charge is -1.98. The summed E-state index contributed by atoms with van der Waals surface area (Å²) in [4.78, 5) is 0. The monoisotopic (exact) mass is 197 g/mol. The molecule has 0 aliphatic heterocycles. The van der Waals surface area contributed by atoms with Gasteiger partial charge in [0.1, 0.15) is 0 Å². The molecule has 5 nitrogen and oxygen atoms in total. The van der Waals surface area contributed by atoms with E-state index in [1.165, 1.54) is 0 Å². The number of aromatic nitrogens is 2. The van der Waals surface area contributed by atoms with Crippen molar-refractivity contribution in [3.63, 3.8) is 0 Å². The average Bonchev–Trinajstić information content (AvgIpc) is 2.52. The molecule has 0 spiro atoms. The molecule has 1 aromatic rings. The predicted octanol–water partition coefficient (Wildman–Crippen LogP) is 0.146. The third-order valence-electron chi connectivity index (χ3n) is 1.45. The molecule has 6 heteroatoms. The van der Waals surface area contributed by atoms with E-state index in [0.717, 1.165) is 11.3 Å². The van der Waals surface area contributed by atoms with Gasteiger partial charge in [0.25, 0.3) is 0 Å². The minimum atomic E-state index is 0.480. The van der Waals surface area contributed by atoms with Gasteiger partial charge < -0.3 is 5.32 Å². The van der Waals surface area contributed by atoms with Crippen molar-refractivity contribution in [3.05, 3.63) is 17.5 Å². The standard InChI is InChI=1S/C7H11N5S/c1-5-3-9-11-6(5)4-10-12-7(13)8-2/h3-4H,1-2H3,(H,9,11)(H2,8,12,13)/b10-4+. The number of aryl methyl sites for hydroxylation is 1. The first-order chi connectivity index (χ1) is 6.24. The topological polar surface area (TPSA) is 65.1 Å². The van der Waals surface area contributed by atoms with E-state index >= 15 is 0 Å². The third kappa shape index (κ3) is 2.83. The summed E-state index contributed by atoms with van der Waals surface area (Å²) in [5.41, 5.74) is 4.55. The van der Waals surface area contributed by atoms with Gasteiger partial charge in [-0.05, 0) is 24.7 Å². The van der Waals surface area contributed by atoms with Crippen molar-refractivity contribution in [2.24, 2.45) is 5.10 Å². The Kier molecular flexibility index (Phi) is 3.39. The Morgan fingerprint density at radius 2 is 2.54 bits per heavy atom. The van der Waals surface area contributed by atoms with Crippen LogP contribution in [0.15, 0.2) is 11.3 Å². The normalized spacial score (nSPS) is 10.3. The minimum absolute atomic E-state index is 0.480. The Morgan fingerprint density at radius 1 is 1.77 bits per heavy atom. The first-order valence-electron chi connectivity index (χ1n) is 3.75. The summed E-state index contributed by atoms with van der Waals surface area (Å²) in [6.07, 6.45) is 3.36. The van der Waals surface area contributed by atoms with Gasteiger partial charge in [-0.3, -0.25) is 10.5 Å². The van der Waals surface area contributed by atoms with Crippen LogP contribution in [-0.2, 0) is 0 Å².